The summed E-state index contributed by atoms with van der Waals surface area (Å²) in [5, 5.41) is 3.80. The normalized spacial score (nSPS) is 26.9. The average molecular weight is 260 g/mol. The fraction of sp³-hybridized carbons (Fsp3) is 0.625. The van der Waals surface area contributed by atoms with Gasteiger partial charge >= 0.3 is 0 Å². The summed E-state index contributed by atoms with van der Waals surface area (Å²) in [7, 11) is 1.78. The van der Waals surface area contributed by atoms with E-state index in [0.717, 1.165) is 32.2 Å². The molecule has 2 aliphatic rings. The zero-order chi connectivity index (χ0) is 13.3. The van der Waals surface area contributed by atoms with E-state index < -0.39 is 0 Å². The highest BCUT2D eigenvalue weighted by Crippen LogP contribution is 2.42. The van der Waals surface area contributed by atoms with Gasteiger partial charge in [-0.1, -0.05) is 18.2 Å². The molecule has 1 aromatic carbocycles. The highest BCUT2D eigenvalue weighted by atomic mass is 16.5. The number of para-hydroxylation sites is 1. The largest absolute Gasteiger partial charge is 0.383 e. The van der Waals surface area contributed by atoms with E-state index in [4.69, 9.17) is 4.74 Å². The third kappa shape index (κ3) is 2.63. The van der Waals surface area contributed by atoms with Crippen LogP contribution in [0.1, 0.15) is 25.3 Å². The Morgan fingerprint density at radius 1 is 1.37 bits per heavy atom. The molecule has 1 fully saturated rings. The van der Waals surface area contributed by atoms with Crippen LogP contribution in [0.2, 0.25) is 0 Å². The lowest BCUT2D eigenvalue weighted by molar-refractivity contribution is 0.202. The molecule has 1 saturated carbocycles. The summed E-state index contributed by atoms with van der Waals surface area (Å²) in [5.41, 5.74) is 3.02. The molecule has 104 valence electrons. The second-order valence-corrected chi connectivity index (χ2v) is 6.09. The molecule has 0 bridgehead atoms. The van der Waals surface area contributed by atoms with Crippen molar-refractivity contribution in [1.29, 1.82) is 0 Å². The number of fused-ring (bicyclic) bond motifs is 1. The third-order valence-electron chi connectivity index (χ3n) is 4.58. The van der Waals surface area contributed by atoms with Crippen molar-refractivity contribution in [2.45, 2.75) is 31.8 Å². The first kappa shape index (κ1) is 12.9. The molecule has 0 amide bonds. The molecule has 1 aromatic rings. The number of hydrogen-bond acceptors (Lipinski definition) is 3. The van der Waals surface area contributed by atoms with Gasteiger partial charge in [0.1, 0.15) is 0 Å². The highest BCUT2D eigenvalue weighted by Gasteiger charge is 2.43. The molecule has 3 rings (SSSR count). The summed E-state index contributed by atoms with van der Waals surface area (Å²) in [6, 6.07) is 8.75. The lowest BCUT2D eigenvalue weighted by Gasteiger charge is -2.35. The summed E-state index contributed by atoms with van der Waals surface area (Å²) in [4.78, 5) is 2.50. The van der Waals surface area contributed by atoms with Crippen molar-refractivity contribution < 1.29 is 4.74 Å². The van der Waals surface area contributed by atoms with Gasteiger partial charge in [-0.2, -0.15) is 0 Å². The van der Waals surface area contributed by atoms with Crippen molar-refractivity contribution in [3.63, 3.8) is 0 Å². The number of nitrogens with one attached hydrogen (secondary N) is 1. The molecule has 1 atom stereocenters. The Morgan fingerprint density at radius 2 is 2.16 bits per heavy atom. The minimum absolute atomic E-state index is 0.243. The van der Waals surface area contributed by atoms with Crippen molar-refractivity contribution in [3.05, 3.63) is 29.8 Å². The van der Waals surface area contributed by atoms with Crippen LogP contribution in [0.3, 0.4) is 0 Å². The quantitative estimate of drug-likeness (QED) is 0.900. The van der Waals surface area contributed by atoms with E-state index in [1.54, 1.807) is 7.11 Å². The Labute approximate surface area is 115 Å². The number of anilines is 1. The van der Waals surface area contributed by atoms with Crippen LogP contribution in [0, 0.1) is 5.92 Å². The lowest BCUT2D eigenvalue weighted by Crippen LogP contribution is -2.51. The fourth-order valence-corrected chi connectivity index (χ4v) is 3.20. The Kier molecular flexibility index (Phi) is 3.50. The van der Waals surface area contributed by atoms with Gasteiger partial charge < -0.3 is 15.0 Å². The highest BCUT2D eigenvalue weighted by molar-refractivity contribution is 5.55. The van der Waals surface area contributed by atoms with Crippen molar-refractivity contribution in [3.8, 4) is 0 Å². The molecule has 0 aromatic heterocycles. The summed E-state index contributed by atoms with van der Waals surface area (Å²) < 4.78 is 5.28. The SMILES string of the molecule is COCCN1CC(C)(C2CC2)NCc2ccccc21. The van der Waals surface area contributed by atoms with E-state index >= 15 is 0 Å². The first-order valence-corrected chi connectivity index (χ1v) is 7.30. The monoisotopic (exact) mass is 260 g/mol. The molecule has 0 spiro atoms. The number of nitrogens with zero attached hydrogens (tertiary/aromatic N) is 1. The van der Waals surface area contributed by atoms with Crippen molar-refractivity contribution in [2.24, 2.45) is 5.92 Å². The summed E-state index contributed by atoms with van der Waals surface area (Å²) >= 11 is 0. The molecule has 1 aliphatic carbocycles. The van der Waals surface area contributed by atoms with E-state index in [1.165, 1.54) is 24.1 Å². The van der Waals surface area contributed by atoms with Crippen LogP contribution in [0.4, 0.5) is 5.69 Å². The molecular formula is C16H24N2O. The zero-order valence-electron chi connectivity index (χ0n) is 12.0. The molecule has 1 heterocycles. The lowest BCUT2D eigenvalue weighted by atomic mass is 9.95. The molecule has 3 heteroatoms. The summed E-state index contributed by atoms with van der Waals surface area (Å²) in [6.45, 7) is 6.20. The van der Waals surface area contributed by atoms with Crippen LogP contribution < -0.4 is 10.2 Å². The van der Waals surface area contributed by atoms with Crippen LogP contribution in [0.5, 0.6) is 0 Å². The number of hydrogen-bond donors (Lipinski definition) is 1. The van der Waals surface area contributed by atoms with Gasteiger partial charge in [0.25, 0.3) is 0 Å². The van der Waals surface area contributed by atoms with Gasteiger partial charge in [0, 0.05) is 38.0 Å². The second-order valence-electron chi connectivity index (χ2n) is 6.09. The smallest absolute Gasteiger partial charge is 0.0637 e. The van der Waals surface area contributed by atoms with Crippen LogP contribution in [0.25, 0.3) is 0 Å². The predicted molar refractivity (Wildman–Crippen MR) is 78.5 cm³/mol. The Balaban J connectivity index is 1.87. The van der Waals surface area contributed by atoms with E-state index in [9.17, 15) is 0 Å². The third-order valence-corrected chi connectivity index (χ3v) is 4.58. The maximum absolute atomic E-state index is 5.28. The van der Waals surface area contributed by atoms with Gasteiger partial charge in [-0.25, -0.2) is 0 Å². The summed E-state index contributed by atoms with van der Waals surface area (Å²) in [6.07, 6.45) is 2.75. The van der Waals surface area contributed by atoms with Crippen LogP contribution in [0.15, 0.2) is 24.3 Å². The topological polar surface area (TPSA) is 24.5 Å². The molecule has 19 heavy (non-hydrogen) atoms. The first-order chi connectivity index (χ1) is 9.23. The molecule has 0 saturated heterocycles. The zero-order valence-corrected chi connectivity index (χ0v) is 12.0. The van der Waals surface area contributed by atoms with Crippen LogP contribution in [-0.4, -0.2) is 32.3 Å². The number of ether oxygens (including phenoxy) is 1. The number of methoxy groups -OCH3 is 1. The van der Waals surface area contributed by atoms with Gasteiger partial charge in [-0.15, -0.1) is 0 Å². The Hall–Kier alpha value is -1.06. The molecule has 0 radical (unpaired) electrons. The second kappa shape index (κ2) is 5.14. The average Bonchev–Trinajstić information content (AvgIpc) is 3.26. The Bertz CT molecular complexity index is 444. The molecule has 1 N–H and O–H groups in total. The van der Waals surface area contributed by atoms with Crippen molar-refractivity contribution >= 4 is 5.69 Å². The van der Waals surface area contributed by atoms with Crippen molar-refractivity contribution in [1.82, 2.24) is 5.32 Å². The fourth-order valence-electron chi connectivity index (χ4n) is 3.20. The van der Waals surface area contributed by atoms with E-state index in [2.05, 4.69) is 41.4 Å². The maximum atomic E-state index is 5.28. The van der Waals surface area contributed by atoms with E-state index in [1.807, 2.05) is 0 Å². The van der Waals surface area contributed by atoms with Gasteiger partial charge in [0.15, 0.2) is 0 Å². The van der Waals surface area contributed by atoms with Crippen LogP contribution >= 0.6 is 0 Å². The standard InChI is InChI=1S/C16H24N2O/c1-16(14-7-8-14)12-18(9-10-19-2)15-6-4-3-5-13(15)11-17-16/h3-6,14,17H,7-12H2,1-2H3. The maximum Gasteiger partial charge on any atom is 0.0637 e. The minimum Gasteiger partial charge on any atom is -0.383 e. The van der Waals surface area contributed by atoms with Gasteiger partial charge in [-0.05, 0) is 37.3 Å². The summed E-state index contributed by atoms with van der Waals surface area (Å²) in [5.74, 6) is 0.840. The number of rotatable bonds is 4. The molecule has 1 aliphatic heterocycles. The molecule has 1 unspecified atom stereocenters. The molecule has 3 nitrogen and oxygen atoms in total. The first-order valence-electron chi connectivity index (χ1n) is 7.30. The van der Waals surface area contributed by atoms with E-state index in [0.29, 0.717) is 0 Å². The predicted octanol–water partition coefficient (Wildman–Crippen LogP) is 2.41. The molecular weight excluding hydrogens is 236 g/mol. The van der Waals surface area contributed by atoms with E-state index in [-0.39, 0.29) is 5.54 Å². The number of benzene rings is 1. The van der Waals surface area contributed by atoms with Gasteiger partial charge in [-0.3, -0.25) is 0 Å². The van der Waals surface area contributed by atoms with Crippen LogP contribution in [-0.2, 0) is 11.3 Å². The van der Waals surface area contributed by atoms with Crippen molar-refractivity contribution in [2.75, 3.05) is 31.7 Å². The Morgan fingerprint density at radius 3 is 2.89 bits per heavy atom. The van der Waals surface area contributed by atoms with Gasteiger partial charge in [0.2, 0.25) is 0 Å². The van der Waals surface area contributed by atoms with Gasteiger partial charge in [0.05, 0.1) is 6.61 Å². The minimum atomic E-state index is 0.243.